The van der Waals surface area contributed by atoms with Gasteiger partial charge in [-0.25, -0.2) is 19.6 Å². The maximum absolute atomic E-state index is 13.8. The fourth-order valence-corrected chi connectivity index (χ4v) is 11.9. The zero-order valence-corrected chi connectivity index (χ0v) is 38.5. The number of thiophene rings is 1. The Hall–Kier alpha value is -5.70. The second-order valence-electron chi connectivity index (χ2n) is 19.0. The molecule has 9 rings (SSSR count). The quantitative estimate of drug-likeness (QED) is 0.102. The van der Waals surface area contributed by atoms with E-state index in [0.717, 1.165) is 77.3 Å². The van der Waals surface area contributed by atoms with Crippen molar-refractivity contribution in [1.82, 2.24) is 40.4 Å². The number of likely N-dealkylation sites (tertiary alicyclic amines) is 2. The Labute approximate surface area is 378 Å². The molecule has 4 aliphatic rings. The van der Waals surface area contributed by atoms with Crippen molar-refractivity contribution in [2.45, 2.75) is 116 Å². The van der Waals surface area contributed by atoms with Crippen molar-refractivity contribution in [1.29, 1.82) is 0 Å². The van der Waals surface area contributed by atoms with Gasteiger partial charge in [0.05, 0.1) is 54.1 Å². The predicted octanol–water partition coefficient (Wildman–Crippen LogP) is 9.10. The summed E-state index contributed by atoms with van der Waals surface area (Å²) in [5, 5.41) is 5.48. The number of carbonyl (C=O) groups excluding carboxylic acids is 4. The summed E-state index contributed by atoms with van der Waals surface area (Å²) in [6, 6.07) is 13.7. The molecular formula is C49H60N8O6S. The van der Waals surface area contributed by atoms with Gasteiger partial charge in [0.25, 0.3) is 0 Å². The van der Waals surface area contributed by atoms with Gasteiger partial charge in [-0.1, -0.05) is 58.7 Å². The number of nitrogens with one attached hydrogen (secondary N) is 4. The first-order valence-electron chi connectivity index (χ1n) is 23.0. The lowest BCUT2D eigenvalue weighted by molar-refractivity contribution is -0.136. The first-order valence-corrected chi connectivity index (χ1v) is 23.8. The van der Waals surface area contributed by atoms with Crippen LogP contribution in [-0.2, 0) is 31.9 Å². The van der Waals surface area contributed by atoms with E-state index in [0.29, 0.717) is 13.1 Å². The summed E-state index contributed by atoms with van der Waals surface area (Å²) in [5.74, 6) is 1.07. The molecule has 338 valence electrons. The van der Waals surface area contributed by atoms with Gasteiger partial charge >= 0.3 is 12.2 Å². The maximum Gasteiger partial charge on any atom is 0.407 e. The van der Waals surface area contributed by atoms with Crippen LogP contribution in [0.4, 0.5) is 9.59 Å². The van der Waals surface area contributed by atoms with Gasteiger partial charge in [-0.3, -0.25) is 9.59 Å². The number of alkyl carbamates (subject to hydrolysis) is 2. The van der Waals surface area contributed by atoms with Gasteiger partial charge in [0, 0.05) is 18.0 Å². The van der Waals surface area contributed by atoms with Crippen LogP contribution in [0.15, 0.2) is 48.7 Å². The fraction of sp³-hybridized carbons (Fsp3) is 0.510. The molecule has 3 aromatic heterocycles. The smallest absolute Gasteiger partial charge is 0.407 e. The van der Waals surface area contributed by atoms with Gasteiger partial charge in [0.15, 0.2) is 0 Å². The lowest BCUT2D eigenvalue weighted by atomic mass is 9.83. The number of hydrogen-bond acceptors (Lipinski definition) is 9. The van der Waals surface area contributed by atoms with E-state index in [9.17, 15) is 19.2 Å². The third-order valence-electron chi connectivity index (χ3n) is 14.2. The molecule has 15 heteroatoms. The summed E-state index contributed by atoms with van der Waals surface area (Å²) < 4.78 is 9.64. The third-order valence-corrected chi connectivity index (χ3v) is 15.4. The summed E-state index contributed by atoms with van der Waals surface area (Å²) in [6.07, 6.45) is 11.1. The number of amides is 4. The molecule has 4 N–H and O–H groups in total. The van der Waals surface area contributed by atoms with E-state index in [1.807, 2.05) is 43.7 Å². The first-order chi connectivity index (χ1) is 30.9. The highest BCUT2D eigenvalue weighted by atomic mass is 32.1. The molecule has 1 unspecified atom stereocenters. The highest BCUT2D eigenvalue weighted by Gasteiger charge is 2.43. The molecule has 2 saturated heterocycles. The average Bonchev–Trinajstić information content (AvgIpc) is 4.15. The van der Waals surface area contributed by atoms with E-state index in [4.69, 9.17) is 19.4 Å². The van der Waals surface area contributed by atoms with Crippen molar-refractivity contribution in [2.75, 3.05) is 27.3 Å². The van der Waals surface area contributed by atoms with Gasteiger partial charge < -0.3 is 39.9 Å². The standard InChI is InChI=1S/C49H60N8O6S/c1-27(2)41(54-47(60)62-5)45(58)56-21-9-11-37(56)43-50-26-36(53-43)40-18-17-39(64-40)31-15-14-30(32-24-49(25-33(31)32)19-7-8-20-49)29-13-16-34-35(23-29)52-44(51-34)38-12-10-22-57(38)46(59)42(28(3)4)55-48(61)63-6/h13-18,23,26-28,37-38,41-42H,7-12,19-22,24-25H2,1-6H3,(H,50,53)(H,51,52)(H,54,60)(H,55,61)/t37?,38-,41-,42-/m0/s1. The van der Waals surface area contributed by atoms with E-state index in [2.05, 4.69) is 63.1 Å². The number of aromatic nitrogens is 4. The third kappa shape index (κ3) is 8.16. The Bertz CT molecular complexity index is 2570. The van der Waals surface area contributed by atoms with E-state index < -0.39 is 24.3 Å². The minimum Gasteiger partial charge on any atom is -0.453 e. The second-order valence-corrected chi connectivity index (χ2v) is 20.1. The van der Waals surface area contributed by atoms with Crippen LogP contribution < -0.4 is 10.6 Å². The van der Waals surface area contributed by atoms with Crippen molar-refractivity contribution in [2.24, 2.45) is 17.3 Å². The number of ether oxygens (including phenoxy) is 2. The molecule has 5 aromatic rings. The summed E-state index contributed by atoms with van der Waals surface area (Å²) in [4.78, 5) is 74.8. The molecule has 2 aliphatic heterocycles. The Balaban J connectivity index is 0.977. The summed E-state index contributed by atoms with van der Waals surface area (Å²) in [7, 11) is 2.61. The van der Waals surface area contributed by atoms with E-state index in [-0.39, 0.29) is 41.1 Å². The van der Waals surface area contributed by atoms with Gasteiger partial charge in [0.2, 0.25) is 11.8 Å². The predicted molar refractivity (Wildman–Crippen MR) is 246 cm³/mol. The number of H-pyrrole nitrogens is 2. The largest absolute Gasteiger partial charge is 0.453 e. The molecule has 1 spiro atoms. The van der Waals surface area contributed by atoms with Crippen molar-refractivity contribution in [3.05, 3.63) is 71.4 Å². The SMILES string of the molecule is COC(=O)N[C@H](C(=O)N1CCCC1c1ncc(-c2ccc(-c3ccc(-c4ccc5nc([C@@H]6CCCN6C(=O)[C@@H](NC(=O)OC)C(C)C)[nH]c5c4)c4c3CC3(CCCC3)C4)s2)[nH]1)C(C)C. The zero-order valence-electron chi connectivity index (χ0n) is 37.7. The number of benzene rings is 2. The van der Waals surface area contributed by atoms with Crippen LogP contribution in [0.25, 0.3) is 43.2 Å². The number of aromatic amines is 2. The highest BCUT2D eigenvalue weighted by molar-refractivity contribution is 7.18. The topological polar surface area (TPSA) is 175 Å². The highest BCUT2D eigenvalue weighted by Crippen LogP contribution is 2.54. The van der Waals surface area contributed by atoms with Crippen LogP contribution in [0.2, 0.25) is 0 Å². The Morgan fingerprint density at radius 3 is 1.92 bits per heavy atom. The van der Waals surface area contributed by atoms with Gasteiger partial charge in [-0.15, -0.1) is 11.3 Å². The van der Waals surface area contributed by atoms with Crippen molar-refractivity contribution in [3.8, 4) is 32.1 Å². The first kappa shape index (κ1) is 43.5. The van der Waals surface area contributed by atoms with Crippen molar-refractivity contribution < 1.29 is 28.7 Å². The zero-order chi connectivity index (χ0) is 44.9. The molecule has 0 radical (unpaired) electrons. The minimum atomic E-state index is -0.689. The number of rotatable bonds is 11. The number of methoxy groups -OCH3 is 2. The molecule has 2 aliphatic carbocycles. The second kappa shape index (κ2) is 17.7. The van der Waals surface area contributed by atoms with Crippen LogP contribution in [-0.4, -0.2) is 93.1 Å². The van der Waals surface area contributed by atoms with Crippen LogP contribution in [0.5, 0.6) is 0 Å². The Kier molecular flexibility index (Phi) is 12.0. The normalized spacial score (nSPS) is 20.1. The van der Waals surface area contributed by atoms with Crippen LogP contribution in [0.1, 0.15) is 114 Å². The molecule has 1 saturated carbocycles. The van der Waals surface area contributed by atoms with Crippen LogP contribution in [0.3, 0.4) is 0 Å². The minimum absolute atomic E-state index is 0.103. The summed E-state index contributed by atoms with van der Waals surface area (Å²) in [5.41, 5.74) is 9.61. The van der Waals surface area contributed by atoms with Gasteiger partial charge in [-0.2, -0.15) is 0 Å². The summed E-state index contributed by atoms with van der Waals surface area (Å²) in [6.45, 7) is 8.90. The number of nitrogens with zero attached hydrogens (tertiary/aromatic N) is 4. The van der Waals surface area contributed by atoms with Gasteiger partial charge in [-0.05, 0) is 121 Å². The number of hydrogen-bond donors (Lipinski definition) is 4. The van der Waals surface area contributed by atoms with Crippen LogP contribution in [0, 0.1) is 17.3 Å². The molecular weight excluding hydrogens is 829 g/mol. The Morgan fingerprint density at radius 1 is 0.734 bits per heavy atom. The van der Waals surface area contributed by atoms with Crippen molar-refractivity contribution in [3.63, 3.8) is 0 Å². The Morgan fingerprint density at radius 2 is 1.31 bits per heavy atom. The van der Waals surface area contributed by atoms with E-state index in [1.165, 1.54) is 67.0 Å². The average molecular weight is 889 g/mol. The molecule has 4 atom stereocenters. The maximum atomic E-state index is 13.8. The number of imidazole rings is 2. The monoisotopic (exact) mass is 888 g/mol. The van der Waals surface area contributed by atoms with Crippen molar-refractivity contribution >= 4 is 46.4 Å². The fourth-order valence-electron chi connectivity index (χ4n) is 10.9. The van der Waals surface area contributed by atoms with Crippen LogP contribution >= 0.6 is 11.3 Å². The molecule has 0 bridgehead atoms. The lowest BCUT2D eigenvalue weighted by Gasteiger charge is -2.30. The molecule has 3 fully saturated rings. The molecule has 5 heterocycles. The molecule has 14 nitrogen and oxygen atoms in total. The molecule has 4 amide bonds. The van der Waals surface area contributed by atoms with Gasteiger partial charge in [0.1, 0.15) is 23.7 Å². The summed E-state index contributed by atoms with van der Waals surface area (Å²) >= 11 is 1.76. The lowest BCUT2D eigenvalue weighted by Crippen LogP contribution is -2.51. The van der Waals surface area contributed by atoms with E-state index in [1.54, 1.807) is 11.3 Å². The van der Waals surface area contributed by atoms with E-state index >= 15 is 0 Å². The molecule has 2 aromatic carbocycles. The molecule has 64 heavy (non-hydrogen) atoms. The number of fused-ring (bicyclic) bond motifs is 2. The number of carbonyl (C=O) groups is 4.